The van der Waals surface area contributed by atoms with Gasteiger partial charge in [0.2, 0.25) is 0 Å². The standard InChI is InChI=1S/C12H13NO/c1-10-3-2-4-11(9-10)13-7-5-12(14)6-8-13/h2-5,7,9H,6,8H2,1H3. The molecule has 0 fully saturated rings. The molecule has 1 heterocycles. The van der Waals surface area contributed by atoms with Crippen molar-refractivity contribution in [1.82, 2.24) is 0 Å². The SMILES string of the molecule is Cc1cccc(N2C=CC(=O)CC2)c1. The molecule has 1 aliphatic rings. The number of allylic oxidation sites excluding steroid dienone is 1. The van der Waals surface area contributed by atoms with Crippen LogP contribution in [0.25, 0.3) is 0 Å². The van der Waals surface area contributed by atoms with E-state index in [1.807, 2.05) is 12.3 Å². The lowest BCUT2D eigenvalue weighted by Gasteiger charge is -2.23. The van der Waals surface area contributed by atoms with Crippen LogP contribution in [-0.4, -0.2) is 12.3 Å². The van der Waals surface area contributed by atoms with Gasteiger partial charge >= 0.3 is 0 Å². The summed E-state index contributed by atoms with van der Waals surface area (Å²) < 4.78 is 0. The van der Waals surface area contributed by atoms with E-state index in [1.54, 1.807) is 6.08 Å². The average molecular weight is 187 g/mol. The fraction of sp³-hybridized carbons (Fsp3) is 0.250. The lowest BCUT2D eigenvalue weighted by Crippen LogP contribution is -2.23. The van der Waals surface area contributed by atoms with Crippen LogP contribution >= 0.6 is 0 Å². The molecule has 1 aliphatic heterocycles. The normalized spacial score (nSPS) is 16.1. The largest absolute Gasteiger partial charge is 0.347 e. The van der Waals surface area contributed by atoms with Crippen molar-refractivity contribution in [3.05, 3.63) is 42.1 Å². The number of aryl methyl sites for hydroxylation is 1. The summed E-state index contributed by atoms with van der Waals surface area (Å²) >= 11 is 0. The van der Waals surface area contributed by atoms with E-state index >= 15 is 0 Å². The third-order valence-electron chi connectivity index (χ3n) is 2.37. The second kappa shape index (κ2) is 3.66. The van der Waals surface area contributed by atoms with Gasteiger partial charge in [-0.15, -0.1) is 0 Å². The van der Waals surface area contributed by atoms with Crippen molar-refractivity contribution < 1.29 is 4.79 Å². The van der Waals surface area contributed by atoms with Gasteiger partial charge < -0.3 is 4.90 Å². The van der Waals surface area contributed by atoms with E-state index in [4.69, 9.17) is 0 Å². The Morgan fingerprint density at radius 1 is 1.36 bits per heavy atom. The third-order valence-corrected chi connectivity index (χ3v) is 2.37. The fourth-order valence-corrected chi connectivity index (χ4v) is 1.58. The fourth-order valence-electron chi connectivity index (χ4n) is 1.58. The summed E-state index contributed by atoms with van der Waals surface area (Å²) in [4.78, 5) is 13.1. The number of carbonyl (C=O) groups is 1. The van der Waals surface area contributed by atoms with Crippen LogP contribution in [0.2, 0.25) is 0 Å². The average Bonchev–Trinajstić information content (AvgIpc) is 2.19. The molecule has 0 unspecified atom stereocenters. The summed E-state index contributed by atoms with van der Waals surface area (Å²) in [5.74, 6) is 0.217. The number of ketones is 1. The highest BCUT2D eigenvalue weighted by Gasteiger charge is 2.10. The van der Waals surface area contributed by atoms with Gasteiger partial charge in [-0.05, 0) is 30.7 Å². The van der Waals surface area contributed by atoms with Crippen LogP contribution in [-0.2, 0) is 4.79 Å². The van der Waals surface area contributed by atoms with Crippen LogP contribution in [0.3, 0.4) is 0 Å². The Bertz CT molecular complexity index is 382. The molecular formula is C12H13NO. The van der Waals surface area contributed by atoms with Crippen LogP contribution in [0.1, 0.15) is 12.0 Å². The molecule has 0 aromatic heterocycles. The third kappa shape index (κ3) is 1.84. The zero-order valence-electron chi connectivity index (χ0n) is 8.23. The number of hydrogen-bond acceptors (Lipinski definition) is 2. The first-order chi connectivity index (χ1) is 6.75. The molecule has 0 spiro atoms. The minimum atomic E-state index is 0.217. The maximum absolute atomic E-state index is 11.0. The van der Waals surface area contributed by atoms with E-state index in [0.29, 0.717) is 6.42 Å². The van der Waals surface area contributed by atoms with Gasteiger partial charge in [0.15, 0.2) is 5.78 Å². The molecule has 0 bridgehead atoms. The van der Waals surface area contributed by atoms with Gasteiger partial charge in [0.1, 0.15) is 0 Å². The van der Waals surface area contributed by atoms with E-state index < -0.39 is 0 Å². The number of anilines is 1. The second-order valence-electron chi connectivity index (χ2n) is 3.56. The van der Waals surface area contributed by atoms with Crippen molar-refractivity contribution in [2.75, 3.05) is 11.4 Å². The lowest BCUT2D eigenvalue weighted by atomic mass is 10.1. The molecule has 0 aliphatic carbocycles. The van der Waals surface area contributed by atoms with Crippen LogP contribution in [0, 0.1) is 6.92 Å². The van der Waals surface area contributed by atoms with Crippen LogP contribution in [0.4, 0.5) is 5.69 Å². The maximum atomic E-state index is 11.0. The van der Waals surface area contributed by atoms with Gasteiger partial charge in [0.05, 0.1) is 0 Å². The first-order valence-corrected chi connectivity index (χ1v) is 4.80. The first-order valence-electron chi connectivity index (χ1n) is 4.80. The van der Waals surface area contributed by atoms with Crippen molar-refractivity contribution >= 4 is 11.5 Å². The Morgan fingerprint density at radius 3 is 2.86 bits per heavy atom. The monoisotopic (exact) mass is 187 g/mol. The van der Waals surface area contributed by atoms with Gasteiger partial charge in [0.25, 0.3) is 0 Å². The maximum Gasteiger partial charge on any atom is 0.158 e. The van der Waals surface area contributed by atoms with E-state index in [-0.39, 0.29) is 5.78 Å². The Morgan fingerprint density at radius 2 is 2.21 bits per heavy atom. The molecule has 0 amide bonds. The van der Waals surface area contributed by atoms with Crippen molar-refractivity contribution in [3.8, 4) is 0 Å². The van der Waals surface area contributed by atoms with Crippen molar-refractivity contribution in [2.24, 2.45) is 0 Å². The molecular weight excluding hydrogens is 174 g/mol. The van der Waals surface area contributed by atoms with E-state index in [9.17, 15) is 4.79 Å². The Kier molecular flexibility index (Phi) is 2.35. The molecule has 2 heteroatoms. The predicted molar refractivity (Wildman–Crippen MR) is 57.3 cm³/mol. The lowest BCUT2D eigenvalue weighted by molar-refractivity contribution is -0.114. The second-order valence-corrected chi connectivity index (χ2v) is 3.56. The van der Waals surface area contributed by atoms with Gasteiger partial charge in [-0.3, -0.25) is 4.79 Å². The van der Waals surface area contributed by atoms with Gasteiger partial charge in [-0.2, -0.15) is 0 Å². The minimum absolute atomic E-state index is 0.217. The molecule has 72 valence electrons. The molecule has 2 nitrogen and oxygen atoms in total. The molecule has 0 saturated heterocycles. The van der Waals surface area contributed by atoms with Crippen LogP contribution < -0.4 is 4.90 Å². The van der Waals surface area contributed by atoms with Crippen molar-refractivity contribution in [3.63, 3.8) is 0 Å². The highest BCUT2D eigenvalue weighted by molar-refractivity contribution is 5.91. The summed E-state index contributed by atoms with van der Waals surface area (Å²) in [5, 5.41) is 0. The van der Waals surface area contributed by atoms with Gasteiger partial charge in [0, 0.05) is 24.9 Å². The predicted octanol–water partition coefficient (Wildman–Crippen LogP) is 2.29. The molecule has 0 radical (unpaired) electrons. The number of benzene rings is 1. The van der Waals surface area contributed by atoms with Gasteiger partial charge in [-0.25, -0.2) is 0 Å². The molecule has 1 aromatic carbocycles. The van der Waals surface area contributed by atoms with Crippen molar-refractivity contribution in [1.29, 1.82) is 0 Å². The Hall–Kier alpha value is -1.57. The van der Waals surface area contributed by atoms with Crippen LogP contribution in [0.15, 0.2) is 36.5 Å². The van der Waals surface area contributed by atoms with Crippen LogP contribution in [0.5, 0.6) is 0 Å². The summed E-state index contributed by atoms with van der Waals surface area (Å²) in [5.41, 5.74) is 2.40. The smallest absolute Gasteiger partial charge is 0.158 e. The molecule has 0 saturated carbocycles. The van der Waals surface area contributed by atoms with E-state index in [2.05, 4.69) is 30.0 Å². The number of hydrogen-bond donors (Lipinski definition) is 0. The Labute approximate surface area is 83.8 Å². The zero-order chi connectivity index (χ0) is 9.97. The summed E-state index contributed by atoms with van der Waals surface area (Å²) in [7, 11) is 0. The molecule has 14 heavy (non-hydrogen) atoms. The molecule has 1 aromatic rings. The summed E-state index contributed by atoms with van der Waals surface area (Å²) in [6, 6.07) is 8.30. The topological polar surface area (TPSA) is 20.3 Å². The molecule has 2 rings (SSSR count). The highest BCUT2D eigenvalue weighted by Crippen LogP contribution is 2.18. The van der Waals surface area contributed by atoms with Crippen molar-refractivity contribution in [2.45, 2.75) is 13.3 Å². The summed E-state index contributed by atoms with van der Waals surface area (Å²) in [6.45, 7) is 2.86. The highest BCUT2D eigenvalue weighted by atomic mass is 16.1. The molecule has 0 atom stereocenters. The minimum Gasteiger partial charge on any atom is -0.347 e. The first kappa shape index (κ1) is 9.00. The van der Waals surface area contributed by atoms with Gasteiger partial charge in [-0.1, -0.05) is 12.1 Å². The number of carbonyl (C=O) groups excluding carboxylic acids is 1. The van der Waals surface area contributed by atoms with E-state index in [0.717, 1.165) is 12.2 Å². The zero-order valence-corrected chi connectivity index (χ0v) is 8.23. The summed E-state index contributed by atoms with van der Waals surface area (Å²) in [6.07, 6.45) is 4.12. The quantitative estimate of drug-likeness (QED) is 0.672. The molecule has 0 N–H and O–H groups in total. The van der Waals surface area contributed by atoms with E-state index in [1.165, 1.54) is 5.56 Å². The number of rotatable bonds is 1. The Balaban J connectivity index is 2.24. The number of nitrogens with zero attached hydrogens (tertiary/aromatic N) is 1.